The number of rotatable bonds is 5. The Morgan fingerprint density at radius 2 is 1.84 bits per heavy atom. The number of nitrogens with one attached hydrogen (secondary N) is 1. The minimum atomic E-state index is -3.53. The third-order valence-electron chi connectivity index (χ3n) is 3.55. The van der Waals surface area contributed by atoms with E-state index in [2.05, 4.69) is 20.7 Å². The molecule has 0 aliphatic heterocycles. The number of halogens is 1. The van der Waals surface area contributed by atoms with Gasteiger partial charge >= 0.3 is 0 Å². The molecule has 1 atom stereocenters. The van der Waals surface area contributed by atoms with Crippen LogP contribution >= 0.6 is 15.9 Å². The number of aliphatic hydroxyl groups is 1. The monoisotopic (exact) mass is 347 g/mol. The van der Waals surface area contributed by atoms with Crippen molar-refractivity contribution in [3.8, 4) is 0 Å². The van der Waals surface area contributed by atoms with Crippen LogP contribution in [0.2, 0.25) is 0 Å². The van der Waals surface area contributed by atoms with Gasteiger partial charge in [-0.3, -0.25) is 0 Å². The molecular formula is C13H18BrNO3S. The fraction of sp³-hybridized carbons (Fsp3) is 0.538. The lowest BCUT2D eigenvalue weighted by Gasteiger charge is -2.18. The fourth-order valence-electron chi connectivity index (χ4n) is 2.40. The first-order chi connectivity index (χ1) is 8.99. The Bertz CT molecular complexity index is 509. The minimum absolute atomic E-state index is 0.0864. The van der Waals surface area contributed by atoms with Gasteiger partial charge < -0.3 is 5.11 Å². The van der Waals surface area contributed by atoms with E-state index in [0.29, 0.717) is 0 Å². The van der Waals surface area contributed by atoms with E-state index in [1.807, 2.05) is 0 Å². The Balaban J connectivity index is 1.95. The summed E-state index contributed by atoms with van der Waals surface area (Å²) in [5, 5.41) is 9.97. The van der Waals surface area contributed by atoms with Gasteiger partial charge in [-0.2, -0.15) is 0 Å². The highest BCUT2D eigenvalue weighted by molar-refractivity contribution is 9.10. The molecule has 4 nitrogen and oxygen atoms in total. The molecule has 0 amide bonds. The van der Waals surface area contributed by atoms with E-state index in [9.17, 15) is 13.5 Å². The molecule has 0 aromatic heterocycles. The number of benzene rings is 1. The Labute approximate surface area is 122 Å². The van der Waals surface area contributed by atoms with E-state index in [-0.39, 0.29) is 17.4 Å². The van der Waals surface area contributed by atoms with Crippen LogP contribution in [0.25, 0.3) is 0 Å². The largest absolute Gasteiger partial charge is 0.391 e. The molecule has 1 aliphatic rings. The number of sulfonamides is 1. The summed E-state index contributed by atoms with van der Waals surface area (Å²) in [4.78, 5) is 0.217. The first-order valence-corrected chi connectivity index (χ1v) is 8.70. The Morgan fingerprint density at radius 3 is 2.42 bits per heavy atom. The van der Waals surface area contributed by atoms with Gasteiger partial charge in [-0.1, -0.05) is 28.8 Å². The average Bonchev–Trinajstić information content (AvgIpc) is 2.90. The van der Waals surface area contributed by atoms with Crippen LogP contribution in [0.5, 0.6) is 0 Å². The van der Waals surface area contributed by atoms with Crippen molar-refractivity contribution >= 4 is 26.0 Å². The van der Waals surface area contributed by atoms with E-state index >= 15 is 0 Å². The molecule has 0 spiro atoms. The van der Waals surface area contributed by atoms with Gasteiger partial charge in [0.05, 0.1) is 11.0 Å². The van der Waals surface area contributed by atoms with E-state index in [1.54, 1.807) is 12.1 Å². The van der Waals surface area contributed by atoms with Gasteiger partial charge in [0.25, 0.3) is 0 Å². The Morgan fingerprint density at radius 1 is 1.26 bits per heavy atom. The molecule has 0 heterocycles. The summed E-state index contributed by atoms with van der Waals surface area (Å²) in [5.74, 6) is 0.229. The van der Waals surface area contributed by atoms with E-state index in [0.717, 1.165) is 30.2 Å². The number of hydrogen-bond donors (Lipinski definition) is 2. The van der Waals surface area contributed by atoms with Crippen LogP contribution in [0.3, 0.4) is 0 Å². The summed E-state index contributed by atoms with van der Waals surface area (Å²) in [6, 6.07) is 6.44. The molecule has 0 radical (unpaired) electrons. The van der Waals surface area contributed by atoms with Crippen LogP contribution in [0, 0.1) is 5.92 Å². The van der Waals surface area contributed by atoms with Crippen molar-refractivity contribution in [3.05, 3.63) is 28.7 Å². The van der Waals surface area contributed by atoms with Crippen molar-refractivity contribution in [1.82, 2.24) is 4.72 Å². The van der Waals surface area contributed by atoms with Gasteiger partial charge in [0.1, 0.15) is 0 Å². The first kappa shape index (κ1) is 15.0. The molecule has 1 aliphatic carbocycles. The van der Waals surface area contributed by atoms with Crippen molar-refractivity contribution in [2.45, 2.75) is 36.7 Å². The molecule has 6 heteroatoms. The molecule has 1 unspecified atom stereocenters. The van der Waals surface area contributed by atoms with Gasteiger partial charge in [0.2, 0.25) is 10.0 Å². The maximum absolute atomic E-state index is 12.0. The quantitative estimate of drug-likeness (QED) is 0.858. The summed E-state index contributed by atoms with van der Waals surface area (Å²) >= 11 is 3.26. The molecular weight excluding hydrogens is 330 g/mol. The van der Waals surface area contributed by atoms with E-state index in [4.69, 9.17) is 0 Å². The van der Waals surface area contributed by atoms with Gasteiger partial charge in [-0.25, -0.2) is 13.1 Å². The standard InChI is InChI=1S/C13H18BrNO3S/c14-11-5-7-12(8-6-11)19(17,18)15-9-13(16)10-3-1-2-4-10/h5-8,10,13,15-16H,1-4,9H2. The highest BCUT2D eigenvalue weighted by Gasteiger charge is 2.24. The molecule has 0 bridgehead atoms. The summed E-state index contributed by atoms with van der Waals surface area (Å²) < 4.78 is 27.4. The lowest BCUT2D eigenvalue weighted by molar-refractivity contribution is 0.115. The lowest BCUT2D eigenvalue weighted by Crippen LogP contribution is -2.35. The summed E-state index contributed by atoms with van der Waals surface area (Å²) in [7, 11) is -3.53. The van der Waals surface area contributed by atoms with Crippen LogP contribution in [-0.4, -0.2) is 26.2 Å². The van der Waals surface area contributed by atoms with Crippen molar-refractivity contribution in [3.63, 3.8) is 0 Å². The minimum Gasteiger partial charge on any atom is -0.391 e. The maximum Gasteiger partial charge on any atom is 0.240 e. The van der Waals surface area contributed by atoms with Gasteiger partial charge in [-0.05, 0) is 43.0 Å². The molecule has 1 aromatic carbocycles. The Kier molecular flexibility index (Phi) is 5.00. The van der Waals surface area contributed by atoms with Crippen molar-refractivity contribution in [2.75, 3.05) is 6.54 Å². The predicted octanol–water partition coefficient (Wildman–Crippen LogP) is 2.28. The molecule has 2 N–H and O–H groups in total. The second-order valence-electron chi connectivity index (χ2n) is 4.92. The van der Waals surface area contributed by atoms with Crippen molar-refractivity contribution in [1.29, 1.82) is 0 Å². The third-order valence-corrected chi connectivity index (χ3v) is 5.52. The highest BCUT2D eigenvalue weighted by atomic mass is 79.9. The molecule has 1 fully saturated rings. The summed E-state index contributed by atoms with van der Waals surface area (Å²) in [6.07, 6.45) is 3.64. The van der Waals surface area contributed by atoms with Gasteiger partial charge in [-0.15, -0.1) is 0 Å². The van der Waals surface area contributed by atoms with E-state index in [1.165, 1.54) is 12.1 Å². The smallest absolute Gasteiger partial charge is 0.240 e. The molecule has 1 aromatic rings. The van der Waals surface area contributed by atoms with Crippen LogP contribution in [-0.2, 0) is 10.0 Å². The molecule has 19 heavy (non-hydrogen) atoms. The number of hydrogen-bond acceptors (Lipinski definition) is 3. The number of aliphatic hydroxyl groups excluding tert-OH is 1. The highest BCUT2D eigenvalue weighted by Crippen LogP contribution is 2.27. The fourth-order valence-corrected chi connectivity index (χ4v) is 3.72. The third kappa shape index (κ3) is 4.02. The molecule has 1 saturated carbocycles. The summed E-state index contributed by atoms with van der Waals surface area (Å²) in [5.41, 5.74) is 0. The molecule has 2 rings (SSSR count). The first-order valence-electron chi connectivity index (χ1n) is 6.42. The van der Waals surface area contributed by atoms with E-state index < -0.39 is 16.1 Å². The SMILES string of the molecule is O=S(=O)(NCC(O)C1CCCC1)c1ccc(Br)cc1. The van der Waals surface area contributed by atoms with Crippen molar-refractivity contribution in [2.24, 2.45) is 5.92 Å². The molecule has 0 saturated heterocycles. The zero-order valence-corrected chi connectivity index (χ0v) is 13.0. The van der Waals surface area contributed by atoms with Crippen LogP contribution in [0.1, 0.15) is 25.7 Å². The second-order valence-corrected chi connectivity index (χ2v) is 7.60. The van der Waals surface area contributed by atoms with Crippen LogP contribution < -0.4 is 4.72 Å². The van der Waals surface area contributed by atoms with Gasteiger partial charge in [0, 0.05) is 11.0 Å². The Hall–Kier alpha value is -0.430. The zero-order valence-electron chi connectivity index (χ0n) is 10.5. The normalized spacial score (nSPS) is 18.6. The van der Waals surface area contributed by atoms with Crippen LogP contribution in [0.4, 0.5) is 0 Å². The molecule has 106 valence electrons. The van der Waals surface area contributed by atoms with Crippen molar-refractivity contribution < 1.29 is 13.5 Å². The van der Waals surface area contributed by atoms with Crippen LogP contribution in [0.15, 0.2) is 33.6 Å². The topological polar surface area (TPSA) is 66.4 Å². The maximum atomic E-state index is 12.0. The summed E-state index contributed by atoms with van der Waals surface area (Å²) in [6.45, 7) is 0.0864. The zero-order chi connectivity index (χ0) is 13.9. The second kappa shape index (κ2) is 6.35. The lowest BCUT2D eigenvalue weighted by atomic mass is 10.0. The predicted molar refractivity (Wildman–Crippen MR) is 77.3 cm³/mol. The average molecular weight is 348 g/mol. The van der Waals surface area contributed by atoms with Gasteiger partial charge in [0.15, 0.2) is 0 Å².